The molecule has 7 nitrogen and oxygen atoms in total. The van der Waals surface area contributed by atoms with Gasteiger partial charge in [-0.2, -0.15) is 0 Å². The van der Waals surface area contributed by atoms with Gasteiger partial charge in [0.25, 0.3) is 5.91 Å². The van der Waals surface area contributed by atoms with E-state index in [1.54, 1.807) is 20.4 Å². The smallest absolute Gasteiger partial charge is 0.251 e. The molecular weight excluding hydrogens is 366 g/mol. The van der Waals surface area contributed by atoms with Gasteiger partial charge in [-0.1, -0.05) is 18.6 Å². The molecule has 1 fully saturated rings. The number of carbonyl (C=O) groups excluding carboxylic acids is 1. The third-order valence-electron chi connectivity index (χ3n) is 5.27. The summed E-state index contributed by atoms with van der Waals surface area (Å²) >= 11 is 0. The van der Waals surface area contributed by atoms with Gasteiger partial charge in [-0.3, -0.25) is 14.7 Å². The first-order valence-corrected chi connectivity index (χ1v) is 10.2. The zero-order valence-electron chi connectivity index (χ0n) is 17.3. The second-order valence-electron chi connectivity index (χ2n) is 7.21. The Hall–Kier alpha value is -2.80. The zero-order chi connectivity index (χ0) is 20.5. The second-order valence-corrected chi connectivity index (χ2v) is 7.21. The molecule has 7 heteroatoms. The van der Waals surface area contributed by atoms with Gasteiger partial charge in [0.15, 0.2) is 5.96 Å². The molecule has 1 atom stereocenters. The van der Waals surface area contributed by atoms with E-state index in [4.69, 9.17) is 4.42 Å². The number of carbonyl (C=O) groups is 1. The van der Waals surface area contributed by atoms with E-state index < -0.39 is 0 Å². The lowest BCUT2D eigenvalue weighted by molar-refractivity contribution is 0.0963. The van der Waals surface area contributed by atoms with Crippen LogP contribution in [-0.2, 0) is 6.54 Å². The number of likely N-dealkylation sites (tertiary alicyclic amines) is 1. The molecule has 2 aromatic rings. The topological polar surface area (TPSA) is 81.9 Å². The highest BCUT2D eigenvalue weighted by Gasteiger charge is 2.24. The predicted molar refractivity (Wildman–Crippen MR) is 115 cm³/mol. The Balaban J connectivity index is 1.58. The lowest BCUT2D eigenvalue weighted by Gasteiger charge is -2.33. The van der Waals surface area contributed by atoms with Crippen LogP contribution in [0, 0.1) is 0 Å². The van der Waals surface area contributed by atoms with E-state index in [0.717, 1.165) is 30.4 Å². The van der Waals surface area contributed by atoms with Crippen molar-refractivity contribution in [2.24, 2.45) is 4.99 Å². The standard InChI is InChI=1S/C22H31N5O2/c1-23-21(28)18-9-6-8-17(14-18)15-25-22(24-2)26-16-19(20-10-7-13-29-20)27-11-4-3-5-12-27/h6-10,13-14,19H,3-5,11-12,15-16H2,1-2H3,(H,23,28)(H2,24,25,26). The molecule has 0 saturated carbocycles. The Labute approximate surface area is 172 Å². The van der Waals surface area contributed by atoms with Gasteiger partial charge in [0.05, 0.1) is 12.3 Å². The van der Waals surface area contributed by atoms with Gasteiger partial charge in [0.1, 0.15) is 5.76 Å². The van der Waals surface area contributed by atoms with E-state index in [1.807, 2.05) is 36.4 Å². The summed E-state index contributed by atoms with van der Waals surface area (Å²) in [6, 6.07) is 11.7. The van der Waals surface area contributed by atoms with E-state index in [-0.39, 0.29) is 11.9 Å². The second kappa shape index (κ2) is 10.7. The fourth-order valence-electron chi connectivity index (χ4n) is 3.69. The van der Waals surface area contributed by atoms with Crippen molar-refractivity contribution < 1.29 is 9.21 Å². The highest BCUT2D eigenvalue weighted by atomic mass is 16.3. The SMILES string of the molecule is CN=C(NCc1cccc(C(=O)NC)c1)NCC(c1ccco1)N1CCCCC1. The predicted octanol–water partition coefficient (Wildman–Crippen LogP) is 2.53. The number of hydrogen-bond acceptors (Lipinski definition) is 4. The first-order chi connectivity index (χ1) is 14.2. The highest BCUT2D eigenvalue weighted by molar-refractivity contribution is 5.94. The number of aliphatic imine (C=N–C) groups is 1. The van der Waals surface area contributed by atoms with Crippen molar-refractivity contribution in [3.8, 4) is 0 Å². The van der Waals surface area contributed by atoms with Gasteiger partial charge in [0, 0.05) is 32.7 Å². The summed E-state index contributed by atoms with van der Waals surface area (Å²) in [5.74, 6) is 1.62. The van der Waals surface area contributed by atoms with Crippen molar-refractivity contribution in [1.29, 1.82) is 0 Å². The minimum atomic E-state index is -0.0859. The first-order valence-electron chi connectivity index (χ1n) is 10.2. The largest absolute Gasteiger partial charge is 0.468 e. The van der Waals surface area contributed by atoms with Crippen LogP contribution in [-0.4, -0.2) is 50.5 Å². The molecule has 0 bridgehead atoms. The molecule has 156 valence electrons. The van der Waals surface area contributed by atoms with E-state index >= 15 is 0 Å². The van der Waals surface area contributed by atoms with Crippen molar-refractivity contribution >= 4 is 11.9 Å². The highest BCUT2D eigenvalue weighted by Crippen LogP contribution is 2.24. The molecule has 3 N–H and O–H groups in total. The van der Waals surface area contributed by atoms with Gasteiger partial charge in [-0.15, -0.1) is 0 Å². The lowest BCUT2D eigenvalue weighted by atomic mass is 10.1. The van der Waals surface area contributed by atoms with Crippen LogP contribution in [0.5, 0.6) is 0 Å². The molecule has 1 aliphatic heterocycles. The van der Waals surface area contributed by atoms with Crippen LogP contribution in [0.2, 0.25) is 0 Å². The molecule has 3 rings (SSSR count). The van der Waals surface area contributed by atoms with Gasteiger partial charge >= 0.3 is 0 Å². The number of benzene rings is 1. The average Bonchev–Trinajstić information content (AvgIpc) is 3.31. The summed E-state index contributed by atoms with van der Waals surface area (Å²) in [6.07, 6.45) is 5.49. The molecule has 1 aliphatic rings. The number of piperidine rings is 1. The third kappa shape index (κ3) is 5.84. The number of rotatable bonds is 7. The van der Waals surface area contributed by atoms with Crippen LogP contribution in [0.3, 0.4) is 0 Å². The van der Waals surface area contributed by atoms with E-state index in [0.29, 0.717) is 18.7 Å². The number of nitrogens with zero attached hydrogens (tertiary/aromatic N) is 2. The van der Waals surface area contributed by atoms with Crippen LogP contribution in [0.1, 0.15) is 47.0 Å². The molecule has 1 unspecified atom stereocenters. The summed E-state index contributed by atoms with van der Waals surface area (Å²) in [7, 11) is 3.40. The fraction of sp³-hybridized carbons (Fsp3) is 0.455. The molecule has 0 radical (unpaired) electrons. The van der Waals surface area contributed by atoms with Crippen molar-refractivity contribution in [3.05, 3.63) is 59.5 Å². The number of hydrogen-bond donors (Lipinski definition) is 3. The van der Waals surface area contributed by atoms with Crippen molar-refractivity contribution in [1.82, 2.24) is 20.9 Å². The van der Waals surface area contributed by atoms with Crippen molar-refractivity contribution in [2.75, 3.05) is 33.7 Å². The van der Waals surface area contributed by atoms with Crippen LogP contribution < -0.4 is 16.0 Å². The van der Waals surface area contributed by atoms with E-state index in [1.165, 1.54) is 19.3 Å². The molecular formula is C22H31N5O2. The van der Waals surface area contributed by atoms with E-state index in [9.17, 15) is 4.79 Å². The Kier molecular flexibility index (Phi) is 7.69. The first kappa shape index (κ1) is 20.9. The minimum Gasteiger partial charge on any atom is -0.468 e. The number of furan rings is 1. The van der Waals surface area contributed by atoms with Crippen molar-refractivity contribution in [2.45, 2.75) is 31.8 Å². The monoisotopic (exact) mass is 397 g/mol. The maximum absolute atomic E-state index is 11.8. The third-order valence-corrected chi connectivity index (χ3v) is 5.27. The van der Waals surface area contributed by atoms with Crippen LogP contribution in [0.4, 0.5) is 0 Å². The molecule has 0 spiro atoms. The van der Waals surface area contributed by atoms with Gasteiger partial charge in [-0.05, 0) is 55.8 Å². The normalized spacial score (nSPS) is 16.3. The fourth-order valence-corrected chi connectivity index (χ4v) is 3.69. The maximum atomic E-state index is 11.8. The number of nitrogens with one attached hydrogen (secondary N) is 3. The molecule has 1 saturated heterocycles. The molecule has 1 aromatic carbocycles. The van der Waals surface area contributed by atoms with Gasteiger partial charge in [-0.25, -0.2) is 0 Å². The van der Waals surface area contributed by atoms with E-state index in [2.05, 4.69) is 25.8 Å². The molecule has 1 amide bonds. The van der Waals surface area contributed by atoms with Crippen LogP contribution in [0.25, 0.3) is 0 Å². The molecule has 29 heavy (non-hydrogen) atoms. The maximum Gasteiger partial charge on any atom is 0.251 e. The summed E-state index contributed by atoms with van der Waals surface area (Å²) in [5.41, 5.74) is 1.67. The van der Waals surface area contributed by atoms with Gasteiger partial charge < -0.3 is 20.4 Å². The van der Waals surface area contributed by atoms with Crippen molar-refractivity contribution in [3.63, 3.8) is 0 Å². The molecule has 2 heterocycles. The molecule has 0 aliphatic carbocycles. The quantitative estimate of drug-likeness (QED) is 0.494. The Morgan fingerprint density at radius 3 is 2.69 bits per heavy atom. The minimum absolute atomic E-state index is 0.0859. The number of amides is 1. The summed E-state index contributed by atoms with van der Waals surface area (Å²) < 4.78 is 5.71. The average molecular weight is 398 g/mol. The number of guanidine groups is 1. The van der Waals surface area contributed by atoms with Crippen LogP contribution in [0.15, 0.2) is 52.1 Å². The Morgan fingerprint density at radius 1 is 1.17 bits per heavy atom. The summed E-state index contributed by atoms with van der Waals surface area (Å²) in [4.78, 5) is 18.6. The molecule has 1 aromatic heterocycles. The zero-order valence-corrected chi connectivity index (χ0v) is 17.3. The van der Waals surface area contributed by atoms with Gasteiger partial charge in [0.2, 0.25) is 0 Å². The Morgan fingerprint density at radius 2 is 2.00 bits per heavy atom. The Bertz CT molecular complexity index is 797. The lowest BCUT2D eigenvalue weighted by Crippen LogP contribution is -2.44. The summed E-state index contributed by atoms with van der Waals surface area (Å²) in [5, 5.41) is 9.42. The summed E-state index contributed by atoms with van der Waals surface area (Å²) in [6.45, 7) is 3.47. The van der Waals surface area contributed by atoms with Crippen LogP contribution >= 0.6 is 0 Å².